The SMILES string of the molecule is CNC(C(=O)NC1CCN(CCOc2ccc(F)cc2)CC1)c1cnn(C)c1.Cl.Cl. The standard InChI is InChI=1S/C20H28FN5O2.2ClH/c1-22-19(15-13-23-25(2)14-15)20(27)24-17-7-9-26(10-8-17)11-12-28-18-5-3-16(21)4-6-18;;/h3-6,13-14,17,19,22H,7-12H2,1-2H3,(H,24,27);2*1H. The molecule has 0 radical (unpaired) electrons. The number of likely N-dealkylation sites (tertiary alicyclic amines) is 1. The van der Waals surface area contributed by atoms with E-state index >= 15 is 0 Å². The van der Waals surface area contributed by atoms with Crippen LogP contribution in [0.15, 0.2) is 36.7 Å². The van der Waals surface area contributed by atoms with Gasteiger partial charge in [0.25, 0.3) is 0 Å². The number of nitrogens with zero attached hydrogens (tertiary/aromatic N) is 3. The molecule has 30 heavy (non-hydrogen) atoms. The topological polar surface area (TPSA) is 71.4 Å². The molecule has 7 nitrogen and oxygen atoms in total. The number of rotatable bonds is 8. The highest BCUT2D eigenvalue weighted by Gasteiger charge is 2.25. The van der Waals surface area contributed by atoms with Crippen LogP contribution in [0.2, 0.25) is 0 Å². The largest absolute Gasteiger partial charge is 0.492 e. The first kappa shape index (κ1) is 26.2. The summed E-state index contributed by atoms with van der Waals surface area (Å²) in [6, 6.07) is 5.85. The number of hydrogen-bond donors (Lipinski definition) is 2. The van der Waals surface area contributed by atoms with Gasteiger partial charge in [-0.15, -0.1) is 24.8 Å². The van der Waals surface area contributed by atoms with Gasteiger partial charge in [-0.3, -0.25) is 14.4 Å². The van der Waals surface area contributed by atoms with E-state index in [2.05, 4.69) is 20.6 Å². The highest BCUT2D eigenvalue weighted by molar-refractivity contribution is 5.85. The molecular formula is C20H30Cl2FN5O2. The van der Waals surface area contributed by atoms with Gasteiger partial charge in [0.05, 0.1) is 6.20 Å². The Bertz CT molecular complexity index is 767. The van der Waals surface area contributed by atoms with Crippen LogP contribution in [0, 0.1) is 5.82 Å². The summed E-state index contributed by atoms with van der Waals surface area (Å²) in [5, 5.41) is 10.4. The lowest BCUT2D eigenvalue weighted by Gasteiger charge is -2.32. The molecule has 168 valence electrons. The van der Waals surface area contributed by atoms with Gasteiger partial charge in [0.15, 0.2) is 0 Å². The Balaban J connectivity index is 0.00000225. The monoisotopic (exact) mass is 461 g/mol. The fourth-order valence-corrected chi connectivity index (χ4v) is 3.45. The number of likely N-dealkylation sites (N-methyl/N-ethyl adjacent to an activating group) is 1. The number of aromatic nitrogens is 2. The Labute approximate surface area is 189 Å². The van der Waals surface area contributed by atoms with E-state index in [4.69, 9.17) is 4.74 Å². The van der Waals surface area contributed by atoms with Crippen molar-refractivity contribution in [3.8, 4) is 5.75 Å². The van der Waals surface area contributed by atoms with E-state index in [1.54, 1.807) is 30.1 Å². The summed E-state index contributed by atoms with van der Waals surface area (Å²) in [5.74, 6) is 0.395. The zero-order valence-electron chi connectivity index (χ0n) is 17.2. The number of piperidine rings is 1. The van der Waals surface area contributed by atoms with Crippen LogP contribution in [-0.4, -0.2) is 59.9 Å². The van der Waals surface area contributed by atoms with Gasteiger partial charge in [0, 0.05) is 44.5 Å². The van der Waals surface area contributed by atoms with Gasteiger partial charge >= 0.3 is 0 Å². The third-order valence-electron chi connectivity index (χ3n) is 5.03. The van der Waals surface area contributed by atoms with Crippen molar-refractivity contribution >= 4 is 30.7 Å². The van der Waals surface area contributed by atoms with Crippen molar-refractivity contribution in [2.75, 3.05) is 33.3 Å². The molecule has 0 spiro atoms. The Morgan fingerprint density at radius 1 is 1.27 bits per heavy atom. The Morgan fingerprint density at radius 2 is 1.93 bits per heavy atom. The molecule has 10 heteroatoms. The summed E-state index contributed by atoms with van der Waals surface area (Å²) in [5.41, 5.74) is 0.859. The van der Waals surface area contributed by atoms with E-state index in [0.717, 1.165) is 38.0 Å². The summed E-state index contributed by atoms with van der Waals surface area (Å²) in [6.45, 7) is 3.20. The lowest BCUT2D eigenvalue weighted by molar-refractivity contribution is -0.124. The quantitative estimate of drug-likeness (QED) is 0.630. The second-order valence-electron chi connectivity index (χ2n) is 7.10. The van der Waals surface area contributed by atoms with Crippen LogP contribution in [0.4, 0.5) is 4.39 Å². The molecule has 2 N–H and O–H groups in total. The molecule has 0 saturated carbocycles. The molecule has 1 aromatic heterocycles. The summed E-state index contributed by atoms with van der Waals surface area (Å²) in [7, 11) is 3.62. The fourth-order valence-electron chi connectivity index (χ4n) is 3.45. The number of carbonyl (C=O) groups excluding carboxylic acids is 1. The predicted octanol–water partition coefficient (Wildman–Crippen LogP) is 2.32. The van der Waals surface area contributed by atoms with Crippen molar-refractivity contribution in [3.63, 3.8) is 0 Å². The number of amides is 1. The van der Waals surface area contributed by atoms with Gasteiger partial charge < -0.3 is 15.4 Å². The molecule has 1 saturated heterocycles. The normalized spacial score (nSPS) is 15.6. The molecule has 0 bridgehead atoms. The Hall–Kier alpha value is -1.87. The summed E-state index contributed by atoms with van der Waals surface area (Å²) in [4.78, 5) is 14.9. The first-order chi connectivity index (χ1) is 13.5. The zero-order chi connectivity index (χ0) is 19.9. The van der Waals surface area contributed by atoms with Crippen molar-refractivity contribution in [2.24, 2.45) is 7.05 Å². The van der Waals surface area contributed by atoms with Gasteiger partial charge in [0.2, 0.25) is 5.91 Å². The van der Waals surface area contributed by atoms with Gasteiger partial charge in [-0.1, -0.05) is 0 Å². The minimum Gasteiger partial charge on any atom is -0.492 e. The molecule has 1 unspecified atom stereocenters. The van der Waals surface area contributed by atoms with Crippen LogP contribution < -0.4 is 15.4 Å². The molecule has 2 aromatic rings. The second-order valence-corrected chi connectivity index (χ2v) is 7.10. The summed E-state index contributed by atoms with van der Waals surface area (Å²) in [6.07, 6.45) is 5.38. The number of benzene rings is 1. The Morgan fingerprint density at radius 3 is 2.50 bits per heavy atom. The molecule has 1 aliphatic heterocycles. The maximum Gasteiger partial charge on any atom is 0.242 e. The van der Waals surface area contributed by atoms with E-state index in [1.807, 2.05) is 13.2 Å². The molecule has 1 fully saturated rings. The van der Waals surface area contributed by atoms with E-state index in [9.17, 15) is 9.18 Å². The number of ether oxygens (including phenoxy) is 1. The lowest BCUT2D eigenvalue weighted by Crippen LogP contribution is -2.48. The predicted molar refractivity (Wildman–Crippen MR) is 119 cm³/mol. The highest BCUT2D eigenvalue weighted by atomic mass is 35.5. The number of halogens is 3. The van der Waals surface area contributed by atoms with Crippen LogP contribution in [0.1, 0.15) is 24.4 Å². The van der Waals surface area contributed by atoms with E-state index in [0.29, 0.717) is 12.4 Å². The van der Waals surface area contributed by atoms with Crippen LogP contribution >= 0.6 is 24.8 Å². The van der Waals surface area contributed by atoms with Gasteiger partial charge in [-0.05, 0) is 44.2 Å². The van der Waals surface area contributed by atoms with Crippen LogP contribution in [0.25, 0.3) is 0 Å². The Kier molecular flexibility index (Phi) is 11.1. The fraction of sp³-hybridized carbons (Fsp3) is 0.500. The summed E-state index contributed by atoms with van der Waals surface area (Å²) >= 11 is 0. The van der Waals surface area contributed by atoms with Gasteiger partial charge in [-0.2, -0.15) is 5.10 Å². The zero-order valence-corrected chi connectivity index (χ0v) is 18.8. The minimum atomic E-state index is -0.393. The average molecular weight is 462 g/mol. The molecule has 0 aliphatic carbocycles. The van der Waals surface area contributed by atoms with Crippen molar-refractivity contribution < 1.29 is 13.9 Å². The molecule has 1 aromatic carbocycles. The van der Waals surface area contributed by atoms with Crippen molar-refractivity contribution in [2.45, 2.75) is 24.9 Å². The highest BCUT2D eigenvalue weighted by Crippen LogP contribution is 2.15. The lowest BCUT2D eigenvalue weighted by atomic mass is 10.0. The molecule has 2 heterocycles. The molecule has 3 rings (SSSR count). The van der Waals surface area contributed by atoms with E-state index in [-0.39, 0.29) is 42.6 Å². The molecule has 1 amide bonds. The van der Waals surface area contributed by atoms with Gasteiger partial charge in [0.1, 0.15) is 24.2 Å². The van der Waals surface area contributed by atoms with Crippen LogP contribution in [-0.2, 0) is 11.8 Å². The number of nitrogens with one attached hydrogen (secondary N) is 2. The maximum absolute atomic E-state index is 12.9. The second kappa shape index (κ2) is 12.7. The first-order valence-electron chi connectivity index (χ1n) is 9.62. The number of carbonyl (C=O) groups is 1. The van der Waals surface area contributed by atoms with Gasteiger partial charge in [-0.25, -0.2) is 4.39 Å². The van der Waals surface area contributed by atoms with E-state index in [1.165, 1.54) is 12.1 Å². The first-order valence-corrected chi connectivity index (χ1v) is 9.62. The van der Waals surface area contributed by atoms with Crippen molar-refractivity contribution in [1.82, 2.24) is 25.3 Å². The van der Waals surface area contributed by atoms with E-state index < -0.39 is 6.04 Å². The molecule has 1 aliphatic rings. The van der Waals surface area contributed by atoms with Crippen LogP contribution in [0.3, 0.4) is 0 Å². The van der Waals surface area contributed by atoms with Crippen molar-refractivity contribution in [3.05, 3.63) is 48.0 Å². The maximum atomic E-state index is 12.9. The van der Waals surface area contributed by atoms with Crippen molar-refractivity contribution in [1.29, 1.82) is 0 Å². The third-order valence-corrected chi connectivity index (χ3v) is 5.03. The number of hydrogen-bond acceptors (Lipinski definition) is 5. The third kappa shape index (κ3) is 7.43. The smallest absolute Gasteiger partial charge is 0.242 e. The molecular weight excluding hydrogens is 432 g/mol. The molecule has 1 atom stereocenters. The van der Waals surface area contributed by atoms with Crippen LogP contribution in [0.5, 0.6) is 5.75 Å². The minimum absolute atomic E-state index is 0. The number of aryl methyl sites for hydroxylation is 1. The summed E-state index contributed by atoms with van der Waals surface area (Å²) < 4.78 is 20.2. The average Bonchev–Trinajstić information content (AvgIpc) is 3.11.